The third-order valence-corrected chi connectivity index (χ3v) is 3.39. The Morgan fingerprint density at radius 2 is 0.947 bits per heavy atom. The molecule has 0 saturated heterocycles. The van der Waals surface area contributed by atoms with Gasteiger partial charge >= 0.3 is 0 Å². The predicted molar refractivity (Wildman–Crippen MR) is 73.4 cm³/mol. The average Bonchev–Trinajstić information content (AvgIpc) is 2.39. The summed E-state index contributed by atoms with van der Waals surface area (Å²) in [5, 5.41) is 0. The highest BCUT2D eigenvalue weighted by molar-refractivity contribution is 5.88. The van der Waals surface area contributed by atoms with E-state index in [4.69, 9.17) is 0 Å². The van der Waals surface area contributed by atoms with Crippen LogP contribution in [-0.4, -0.2) is 0 Å². The number of aromatic nitrogens is 2. The van der Waals surface area contributed by atoms with Crippen LogP contribution in [0.25, 0.3) is 11.1 Å². The summed E-state index contributed by atoms with van der Waals surface area (Å²) < 4.78 is 4.10. The van der Waals surface area contributed by atoms with E-state index in [1.54, 1.807) is 0 Å². The molecule has 0 bridgehead atoms. The fourth-order valence-electron chi connectivity index (χ4n) is 1.93. The van der Waals surface area contributed by atoms with Crippen LogP contribution in [0.4, 0.5) is 0 Å². The van der Waals surface area contributed by atoms with Crippen LogP contribution >= 0.6 is 0 Å². The van der Waals surface area contributed by atoms with E-state index in [9.17, 15) is 0 Å². The van der Waals surface area contributed by atoms with E-state index in [0.29, 0.717) is 0 Å². The second-order valence-corrected chi connectivity index (χ2v) is 4.75. The third kappa shape index (κ3) is 3.86. The Morgan fingerprint density at radius 3 is 1.21 bits per heavy atom. The van der Waals surface area contributed by atoms with Crippen molar-refractivity contribution in [1.82, 2.24) is 0 Å². The molecule has 2 aromatic rings. The first kappa shape index (κ1) is 15.8. The Morgan fingerprint density at radius 1 is 0.684 bits per heavy atom. The monoisotopic (exact) mass is 367 g/mol. The summed E-state index contributed by atoms with van der Waals surface area (Å²) in [7, 11) is 4.07. The molecule has 100 valence electrons. The van der Waals surface area contributed by atoms with Crippen LogP contribution in [0.15, 0.2) is 49.1 Å². The molecule has 0 atom stereocenters. The van der Waals surface area contributed by atoms with Gasteiger partial charge in [0.05, 0.1) is 0 Å². The number of rotatable bonds is 2. The van der Waals surface area contributed by atoms with Crippen LogP contribution < -0.4 is 33.1 Å². The smallest absolute Gasteiger partial charge is 0.169 e. The van der Waals surface area contributed by atoms with Gasteiger partial charge < -0.3 is 24.0 Å². The SMILES string of the molecule is C/C(=C(/C)c1cc[n+](C)cc1)c1cc[n+](C)cc1.[I-]. The van der Waals surface area contributed by atoms with Gasteiger partial charge in [0, 0.05) is 24.3 Å². The van der Waals surface area contributed by atoms with Crippen molar-refractivity contribution in [3.63, 3.8) is 0 Å². The van der Waals surface area contributed by atoms with Crippen LogP contribution in [0, 0.1) is 0 Å². The molecule has 0 aliphatic carbocycles. The van der Waals surface area contributed by atoms with Gasteiger partial charge in [0.1, 0.15) is 14.1 Å². The molecule has 0 fully saturated rings. The minimum absolute atomic E-state index is 0. The number of nitrogens with zero attached hydrogens (tertiary/aromatic N) is 2. The van der Waals surface area contributed by atoms with E-state index in [-0.39, 0.29) is 24.0 Å². The number of aryl methyl sites for hydroxylation is 2. The summed E-state index contributed by atoms with van der Waals surface area (Å²) in [4.78, 5) is 0. The summed E-state index contributed by atoms with van der Waals surface area (Å²) in [6, 6.07) is 8.62. The minimum atomic E-state index is 0. The molecule has 0 saturated carbocycles. The van der Waals surface area contributed by atoms with Crippen molar-refractivity contribution < 1.29 is 33.1 Å². The zero-order valence-corrected chi connectivity index (χ0v) is 14.0. The van der Waals surface area contributed by atoms with Crippen molar-refractivity contribution in [3.8, 4) is 0 Å². The lowest BCUT2D eigenvalue weighted by Gasteiger charge is -2.07. The summed E-state index contributed by atoms with van der Waals surface area (Å²) in [5.74, 6) is 0. The molecule has 3 heteroatoms. The molecule has 2 rings (SSSR count). The highest BCUT2D eigenvalue weighted by Gasteiger charge is 2.05. The van der Waals surface area contributed by atoms with Crippen molar-refractivity contribution in [1.29, 1.82) is 0 Å². The second kappa shape index (κ2) is 6.80. The lowest BCUT2D eigenvalue weighted by molar-refractivity contribution is -0.671. The second-order valence-electron chi connectivity index (χ2n) is 4.75. The van der Waals surface area contributed by atoms with E-state index >= 15 is 0 Å². The first-order chi connectivity index (χ1) is 8.58. The fraction of sp³-hybridized carbons (Fsp3) is 0.250. The molecule has 0 unspecified atom stereocenters. The molecule has 0 N–H and O–H groups in total. The van der Waals surface area contributed by atoms with Crippen LogP contribution in [0.2, 0.25) is 0 Å². The number of halogens is 1. The standard InChI is InChI=1S/C16H20N2.HI/c1-13(15-5-9-17(3)10-6-15)14(2)16-7-11-18(4)12-8-16;/h5-12H,1-4H3;1H/q+2;/p-1/b14-13+;. The maximum absolute atomic E-state index is 2.18. The fourth-order valence-corrected chi connectivity index (χ4v) is 1.93. The van der Waals surface area contributed by atoms with Crippen LogP contribution in [0.3, 0.4) is 0 Å². The Bertz CT molecular complexity index is 515. The quantitative estimate of drug-likeness (QED) is 0.490. The highest BCUT2D eigenvalue weighted by atomic mass is 127. The molecule has 2 aromatic heterocycles. The van der Waals surface area contributed by atoms with E-state index in [2.05, 4.69) is 72.0 Å². The van der Waals surface area contributed by atoms with E-state index in [1.807, 2.05) is 14.1 Å². The molecule has 0 spiro atoms. The van der Waals surface area contributed by atoms with Gasteiger partial charge in [0.15, 0.2) is 24.8 Å². The zero-order valence-electron chi connectivity index (χ0n) is 11.9. The predicted octanol–water partition coefficient (Wildman–Crippen LogP) is -0.710. The molecule has 0 radical (unpaired) electrons. The minimum Gasteiger partial charge on any atom is -1.00 e. The number of allylic oxidation sites excluding steroid dienone is 2. The van der Waals surface area contributed by atoms with Gasteiger partial charge in [-0.2, -0.15) is 0 Å². The van der Waals surface area contributed by atoms with Gasteiger partial charge in [-0.3, -0.25) is 0 Å². The maximum atomic E-state index is 2.18. The molecular weight excluding hydrogens is 347 g/mol. The molecule has 0 aliphatic heterocycles. The van der Waals surface area contributed by atoms with E-state index < -0.39 is 0 Å². The number of hydrogen-bond acceptors (Lipinski definition) is 0. The first-order valence-electron chi connectivity index (χ1n) is 6.17. The lowest BCUT2D eigenvalue weighted by Crippen LogP contribution is -3.00. The van der Waals surface area contributed by atoms with Gasteiger partial charge in [-0.25, -0.2) is 9.13 Å². The van der Waals surface area contributed by atoms with Crippen molar-refractivity contribution in [2.45, 2.75) is 13.8 Å². The van der Waals surface area contributed by atoms with Crippen molar-refractivity contribution in [2.24, 2.45) is 14.1 Å². The Kier molecular flexibility index (Phi) is 5.66. The summed E-state index contributed by atoms with van der Waals surface area (Å²) >= 11 is 0. The Hall–Kier alpha value is -1.23. The number of hydrogen-bond donors (Lipinski definition) is 0. The van der Waals surface area contributed by atoms with Crippen LogP contribution in [-0.2, 0) is 14.1 Å². The molecule has 0 aromatic carbocycles. The van der Waals surface area contributed by atoms with E-state index in [0.717, 1.165) is 0 Å². The largest absolute Gasteiger partial charge is 1.00 e. The van der Waals surface area contributed by atoms with Gasteiger partial charge in [0.25, 0.3) is 0 Å². The topological polar surface area (TPSA) is 7.76 Å². The summed E-state index contributed by atoms with van der Waals surface area (Å²) in [5.41, 5.74) is 5.20. The lowest BCUT2D eigenvalue weighted by atomic mass is 9.98. The highest BCUT2D eigenvalue weighted by Crippen LogP contribution is 2.24. The number of pyridine rings is 2. The first-order valence-corrected chi connectivity index (χ1v) is 6.17. The molecule has 2 heterocycles. The maximum Gasteiger partial charge on any atom is 0.169 e. The van der Waals surface area contributed by atoms with Gasteiger partial charge in [-0.05, 0) is 36.1 Å². The molecule has 2 nitrogen and oxygen atoms in total. The summed E-state index contributed by atoms with van der Waals surface area (Å²) in [6.45, 7) is 4.36. The van der Waals surface area contributed by atoms with Gasteiger partial charge in [0.2, 0.25) is 0 Å². The van der Waals surface area contributed by atoms with Gasteiger partial charge in [-0.1, -0.05) is 0 Å². The third-order valence-electron chi connectivity index (χ3n) is 3.39. The van der Waals surface area contributed by atoms with Gasteiger partial charge in [-0.15, -0.1) is 0 Å². The Labute approximate surface area is 132 Å². The molecule has 0 amide bonds. The zero-order chi connectivity index (χ0) is 13.1. The molecular formula is C16H20IN2+. The molecule has 19 heavy (non-hydrogen) atoms. The normalized spacial score (nSPS) is 11.6. The van der Waals surface area contributed by atoms with Crippen molar-refractivity contribution >= 4 is 11.1 Å². The molecule has 0 aliphatic rings. The van der Waals surface area contributed by atoms with E-state index in [1.165, 1.54) is 22.3 Å². The average molecular weight is 367 g/mol. The van der Waals surface area contributed by atoms with Crippen molar-refractivity contribution in [2.75, 3.05) is 0 Å². The van der Waals surface area contributed by atoms with Crippen LogP contribution in [0.1, 0.15) is 25.0 Å². The Balaban J connectivity index is 0.00000180. The summed E-state index contributed by atoms with van der Waals surface area (Å²) in [6.07, 6.45) is 8.32. The van der Waals surface area contributed by atoms with Crippen LogP contribution in [0.5, 0.6) is 0 Å². The van der Waals surface area contributed by atoms with Crippen molar-refractivity contribution in [3.05, 3.63) is 60.2 Å².